The van der Waals surface area contributed by atoms with E-state index in [1.807, 2.05) is 35.7 Å². The third kappa shape index (κ3) is 2.60. The second kappa shape index (κ2) is 5.53. The van der Waals surface area contributed by atoms with Crippen LogP contribution in [0.4, 0.5) is 5.82 Å². The lowest BCUT2D eigenvalue weighted by Crippen LogP contribution is -2.15. The van der Waals surface area contributed by atoms with Crippen molar-refractivity contribution < 1.29 is 9.32 Å². The van der Waals surface area contributed by atoms with E-state index < -0.39 is 0 Å². The molecule has 0 saturated heterocycles. The molecule has 0 aromatic carbocycles. The van der Waals surface area contributed by atoms with E-state index in [1.165, 1.54) is 6.42 Å². The molecule has 1 fully saturated rings. The molecular formula is C17H18N4O2. The third-order valence-electron chi connectivity index (χ3n) is 4.45. The zero-order valence-electron chi connectivity index (χ0n) is 13.0. The van der Waals surface area contributed by atoms with E-state index in [2.05, 4.69) is 15.5 Å². The second-order valence-electron chi connectivity index (χ2n) is 6.10. The van der Waals surface area contributed by atoms with Crippen molar-refractivity contribution in [2.75, 3.05) is 5.32 Å². The maximum absolute atomic E-state index is 12.2. The highest BCUT2D eigenvalue weighted by Gasteiger charge is 2.24. The van der Waals surface area contributed by atoms with Gasteiger partial charge in [0.15, 0.2) is 5.82 Å². The first-order chi connectivity index (χ1) is 11.2. The smallest absolute Gasteiger partial charge is 0.231 e. The van der Waals surface area contributed by atoms with Gasteiger partial charge in [-0.05, 0) is 31.4 Å². The highest BCUT2D eigenvalue weighted by molar-refractivity contribution is 5.91. The lowest BCUT2D eigenvalue weighted by atomic mass is 9.84. The number of amides is 1. The fourth-order valence-electron chi connectivity index (χ4n) is 2.92. The average molecular weight is 310 g/mol. The molecule has 1 amide bonds. The summed E-state index contributed by atoms with van der Waals surface area (Å²) in [6.07, 6.45) is 7.43. The number of aromatic nitrogens is 3. The number of carbonyl (C=O) groups excluding carboxylic acids is 1. The summed E-state index contributed by atoms with van der Waals surface area (Å²) < 4.78 is 7.25. The number of nitrogens with one attached hydrogen (secondary N) is 1. The van der Waals surface area contributed by atoms with Crippen molar-refractivity contribution in [3.8, 4) is 0 Å². The SMILES string of the molecule is Cc1cccn2c(CC(=O)Nc3cc(C4CCC4)on3)cnc12. The minimum Gasteiger partial charge on any atom is -0.359 e. The number of pyridine rings is 1. The summed E-state index contributed by atoms with van der Waals surface area (Å²) in [7, 11) is 0. The second-order valence-corrected chi connectivity index (χ2v) is 6.10. The van der Waals surface area contributed by atoms with Gasteiger partial charge in [0, 0.05) is 24.4 Å². The topological polar surface area (TPSA) is 72.4 Å². The number of anilines is 1. The Morgan fingerprint density at radius 3 is 3.13 bits per heavy atom. The summed E-state index contributed by atoms with van der Waals surface area (Å²) >= 11 is 0. The summed E-state index contributed by atoms with van der Waals surface area (Å²) in [5, 5.41) is 6.73. The molecule has 23 heavy (non-hydrogen) atoms. The monoisotopic (exact) mass is 310 g/mol. The Morgan fingerprint density at radius 1 is 1.48 bits per heavy atom. The van der Waals surface area contributed by atoms with E-state index >= 15 is 0 Å². The van der Waals surface area contributed by atoms with Crippen molar-refractivity contribution >= 4 is 17.4 Å². The van der Waals surface area contributed by atoms with Gasteiger partial charge in [-0.15, -0.1) is 0 Å². The number of rotatable bonds is 4. The number of imidazole rings is 1. The first kappa shape index (κ1) is 14.0. The zero-order chi connectivity index (χ0) is 15.8. The van der Waals surface area contributed by atoms with Gasteiger partial charge in [-0.3, -0.25) is 4.79 Å². The maximum atomic E-state index is 12.2. The Balaban J connectivity index is 1.46. The van der Waals surface area contributed by atoms with Gasteiger partial charge in [-0.2, -0.15) is 0 Å². The van der Waals surface area contributed by atoms with Crippen LogP contribution in [0.15, 0.2) is 35.1 Å². The molecule has 1 saturated carbocycles. The first-order valence-corrected chi connectivity index (χ1v) is 7.89. The summed E-state index contributed by atoms with van der Waals surface area (Å²) in [5.41, 5.74) is 2.81. The van der Waals surface area contributed by atoms with Crippen molar-refractivity contribution in [2.45, 2.75) is 38.5 Å². The van der Waals surface area contributed by atoms with Crippen LogP contribution in [0.25, 0.3) is 5.65 Å². The fraction of sp³-hybridized carbons (Fsp3) is 0.353. The van der Waals surface area contributed by atoms with E-state index in [4.69, 9.17) is 4.52 Å². The van der Waals surface area contributed by atoms with Crippen LogP contribution in [0.2, 0.25) is 0 Å². The van der Waals surface area contributed by atoms with E-state index in [0.29, 0.717) is 11.7 Å². The van der Waals surface area contributed by atoms with Crippen LogP contribution in [0.1, 0.15) is 42.2 Å². The maximum Gasteiger partial charge on any atom is 0.231 e. The van der Waals surface area contributed by atoms with Gasteiger partial charge in [-0.1, -0.05) is 17.6 Å². The van der Waals surface area contributed by atoms with Crippen molar-refractivity contribution in [3.63, 3.8) is 0 Å². The summed E-state index contributed by atoms with van der Waals surface area (Å²) in [6.45, 7) is 2.00. The Labute approximate surface area is 133 Å². The predicted molar refractivity (Wildman–Crippen MR) is 85.4 cm³/mol. The molecule has 0 bridgehead atoms. The molecular weight excluding hydrogens is 292 g/mol. The molecule has 4 rings (SSSR count). The van der Waals surface area contributed by atoms with E-state index in [-0.39, 0.29) is 12.3 Å². The molecule has 6 heteroatoms. The van der Waals surface area contributed by atoms with Gasteiger partial charge in [0.2, 0.25) is 5.91 Å². The summed E-state index contributed by atoms with van der Waals surface area (Å²) in [6, 6.07) is 5.79. The van der Waals surface area contributed by atoms with Gasteiger partial charge in [0.1, 0.15) is 11.4 Å². The average Bonchev–Trinajstić information content (AvgIpc) is 3.06. The fourth-order valence-corrected chi connectivity index (χ4v) is 2.92. The Morgan fingerprint density at radius 2 is 2.35 bits per heavy atom. The molecule has 1 aliphatic carbocycles. The van der Waals surface area contributed by atoms with Gasteiger partial charge < -0.3 is 14.2 Å². The van der Waals surface area contributed by atoms with Crippen LogP contribution in [-0.2, 0) is 11.2 Å². The van der Waals surface area contributed by atoms with Gasteiger partial charge in [0.05, 0.1) is 12.1 Å². The van der Waals surface area contributed by atoms with Crippen LogP contribution in [-0.4, -0.2) is 20.4 Å². The van der Waals surface area contributed by atoms with Crippen molar-refractivity contribution in [3.05, 3.63) is 47.6 Å². The van der Waals surface area contributed by atoms with Crippen molar-refractivity contribution in [1.82, 2.24) is 14.5 Å². The third-order valence-corrected chi connectivity index (χ3v) is 4.45. The Hall–Kier alpha value is -2.63. The van der Waals surface area contributed by atoms with E-state index in [0.717, 1.165) is 35.5 Å². The number of nitrogens with zero attached hydrogens (tertiary/aromatic N) is 3. The van der Waals surface area contributed by atoms with Gasteiger partial charge >= 0.3 is 0 Å². The largest absolute Gasteiger partial charge is 0.359 e. The zero-order valence-corrected chi connectivity index (χ0v) is 13.0. The predicted octanol–water partition coefficient (Wildman–Crippen LogP) is 3.08. The van der Waals surface area contributed by atoms with Crippen LogP contribution in [0.5, 0.6) is 0 Å². The molecule has 0 radical (unpaired) electrons. The minimum absolute atomic E-state index is 0.123. The Kier molecular flexibility index (Phi) is 3.37. The normalized spacial score (nSPS) is 14.8. The summed E-state index contributed by atoms with van der Waals surface area (Å²) in [5.74, 6) is 1.70. The van der Waals surface area contributed by atoms with Crippen LogP contribution in [0.3, 0.4) is 0 Å². The summed E-state index contributed by atoms with van der Waals surface area (Å²) in [4.78, 5) is 16.6. The highest BCUT2D eigenvalue weighted by atomic mass is 16.5. The van der Waals surface area contributed by atoms with E-state index in [9.17, 15) is 4.79 Å². The molecule has 0 unspecified atom stereocenters. The molecule has 1 N–H and O–H groups in total. The first-order valence-electron chi connectivity index (χ1n) is 7.89. The Bertz CT molecular complexity index is 860. The molecule has 6 nitrogen and oxygen atoms in total. The molecule has 3 aromatic rings. The minimum atomic E-state index is -0.123. The molecule has 118 valence electrons. The quantitative estimate of drug-likeness (QED) is 0.804. The molecule has 0 atom stereocenters. The highest BCUT2D eigenvalue weighted by Crippen LogP contribution is 2.37. The van der Waals surface area contributed by atoms with Gasteiger partial charge in [-0.25, -0.2) is 4.98 Å². The van der Waals surface area contributed by atoms with Crippen molar-refractivity contribution in [2.24, 2.45) is 0 Å². The van der Waals surface area contributed by atoms with Crippen molar-refractivity contribution in [1.29, 1.82) is 0 Å². The van der Waals surface area contributed by atoms with Crippen LogP contribution in [0, 0.1) is 6.92 Å². The molecule has 0 spiro atoms. The van der Waals surface area contributed by atoms with Crippen LogP contribution < -0.4 is 5.32 Å². The number of hydrogen-bond donors (Lipinski definition) is 1. The standard InChI is InChI=1S/C17H18N4O2/c1-11-4-3-7-21-13(10-18-17(11)21)8-16(22)19-15-9-14(23-20-15)12-5-2-6-12/h3-4,7,9-10,12H,2,5-6,8H2,1H3,(H,19,20,22). The molecule has 1 aliphatic rings. The van der Waals surface area contributed by atoms with Crippen LogP contribution >= 0.6 is 0 Å². The number of aryl methyl sites for hydroxylation is 1. The molecule has 3 heterocycles. The number of hydrogen-bond acceptors (Lipinski definition) is 4. The number of fused-ring (bicyclic) bond motifs is 1. The van der Waals surface area contributed by atoms with E-state index in [1.54, 1.807) is 6.20 Å². The van der Waals surface area contributed by atoms with Gasteiger partial charge in [0.25, 0.3) is 0 Å². The number of carbonyl (C=O) groups is 1. The lowest BCUT2D eigenvalue weighted by Gasteiger charge is -2.21. The lowest BCUT2D eigenvalue weighted by molar-refractivity contribution is -0.115. The molecule has 0 aliphatic heterocycles. The molecule has 3 aromatic heterocycles.